The highest BCUT2D eigenvalue weighted by Crippen LogP contribution is 2.30. The summed E-state index contributed by atoms with van der Waals surface area (Å²) in [5, 5.41) is 17.0. The standard InChI is InChI=1S/C10H4F3N2/c11-10(12,13)9-3-1-2-7(4-9)8(5-14)6-15/h1-4H/q-1. The third-order valence-electron chi connectivity index (χ3n) is 1.70. The highest BCUT2D eigenvalue weighted by molar-refractivity contribution is 5.98. The third-order valence-corrected chi connectivity index (χ3v) is 1.70. The zero-order chi connectivity index (χ0) is 11.5. The van der Waals surface area contributed by atoms with Gasteiger partial charge in [0.2, 0.25) is 0 Å². The fourth-order valence-corrected chi connectivity index (χ4v) is 1.01. The van der Waals surface area contributed by atoms with Crippen LogP contribution in [0, 0.1) is 11.3 Å². The molecule has 0 N–H and O–H groups in total. The molecule has 76 valence electrons. The van der Waals surface area contributed by atoms with Crippen molar-refractivity contribution in [3.05, 3.63) is 40.8 Å². The summed E-state index contributed by atoms with van der Waals surface area (Å²) in [5.41, 5.74) is -1.22. The highest BCUT2D eigenvalue weighted by atomic mass is 19.4. The summed E-state index contributed by atoms with van der Waals surface area (Å²) < 4.78 is 36.8. The molecular weight excluding hydrogens is 205 g/mol. The molecule has 0 aliphatic heterocycles. The maximum atomic E-state index is 12.3. The monoisotopic (exact) mass is 209 g/mol. The van der Waals surface area contributed by atoms with Crippen LogP contribution in [0.5, 0.6) is 0 Å². The first kappa shape index (κ1) is 11.0. The Morgan fingerprint density at radius 3 is 2.47 bits per heavy atom. The third kappa shape index (κ3) is 2.46. The fraction of sp³-hybridized carbons (Fsp3) is 0.100. The van der Waals surface area contributed by atoms with Crippen LogP contribution in [0.4, 0.5) is 13.2 Å². The zero-order valence-electron chi connectivity index (χ0n) is 7.34. The second-order valence-electron chi connectivity index (χ2n) is 2.68. The van der Waals surface area contributed by atoms with E-state index in [1.807, 2.05) is 0 Å². The number of nitriles is 1. The molecule has 0 aromatic heterocycles. The lowest BCUT2D eigenvalue weighted by Crippen LogP contribution is -2.04. The number of rotatable bonds is 1. The first-order valence-electron chi connectivity index (χ1n) is 3.84. The Kier molecular flexibility index (Phi) is 2.93. The average molecular weight is 209 g/mol. The van der Waals surface area contributed by atoms with Gasteiger partial charge in [-0.3, -0.25) is 0 Å². The van der Waals surface area contributed by atoms with Crippen molar-refractivity contribution >= 4 is 11.4 Å². The molecule has 0 heterocycles. The quantitative estimate of drug-likeness (QED) is 0.518. The van der Waals surface area contributed by atoms with Crippen LogP contribution in [-0.2, 0) is 6.18 Å². The van der Waals surface area contributed by atoms with Crippen molar-refractivity contribution in [3.8, 4) is 6.07 Å². The van der Waals surface area contributed by atoms with E-state index in [1.54, 1.807) is 0 Å². The summed E-state index contributed by atoms with van der Waals surface area (Å²) in [6, 6.07) is 5.65. The van der Waals surface area contributed by atoms with Gasteiger partial charge in [0.25, 0.3) is 0 Å². The van der Waals surface area contributed by atoms with Crippen LogP contribution in [0.3, 0.4) is 0 Å². The minimum absolute atomic E-state index is 0.0187. The van der Waals surface area contributed by atoms with Gasteiger partial charge in [-0.2, -0.15) is 18.4 Å². The normalized spacial score (nSPS) is 10.3. The molecule has 0 bridgehead atoms. The molecule has 2 nitrogen and oxygen atoms in total. The summed E-state index contributed by atoms with van der Waals surface area (Å²) in [5.74, 6) is 1.53. The number of hydrogen-bond donors (Lipinski definition) is 0. The topological polar surface area (TPSA) is 46.1 Å². The second-order valence-corrected chi connectivity index (χ2v) is 2.68. The molecule has 0 unspecified atom stereocenters. The predicted molar refractivity (Wildman–Crippen MR) is 48.8 cm³/mol. The maximum Gasteiger partial charge on any atom is 0.416 e. The largest absolute Gasteiger partial charge is 0.762 e. The smallest absolute Gasteiger partial charge is 0.416 e. The maximum absolute atomic E-state index is 12.3. The van der Waals surface area contributed by atoms with E-state index in [2.05, 4.69) is 0 Å². The van der Waals surface area contributed by atoms with E-state index in [9.17, 15) is 13.2 Å². The van der Waals surface area contributed by atoms with E-state index in [0.717, 1.165) is 18.2 Å². The van der Waals surface area contributed by atoms with Crippen LogP contribution in [0.25, 0.3) is 11.0 Å². The van der Waals surface area contributed by atoms with Crippen LogP contribution in [0.2, 0.25) is 0 Å². The minimum atomic E-state index is -4.47. The van der Waals surface area contributed by atoms with E-state index in [4.69, 9.17) is 10.7 Å². The van der Waals surface area contributed by atoms with Crippen molar-refractivity contribution in [2.24, 2.45) is 0 Å². The Labute approximate surface area is 83.8 Å². The molecule has 0 amide bonds. The van der Waals surface area contributed by atoms with Crippen molar-refractivity contribution in [1.29, 1.82) is 5.26 Å². The number of alkyl halides is 3. The molecule has 1 aromatic rings. The molecule has 0 radical (unpaired) electrons. The van der Waals surface area contributed by atoms with Gasteiger partial charge >= 0.3 is 6.18 Å². The lowest BCUT2D eigenvalue weighted by atomic mass is 10.1. The highest BCUT2D eigenvalue weighted by Gasteiger charge is 2.30. The summed E-state index contributed by atoms with van der Waals surface area (Å²) in [4.78, 5) is 0. The molecule has 0 fully saturated rings. The number of hydrogen-bond acceptors (Lipinski definition) is 1. The fourth-order valence-electron chi connectivity index (χ4n) is 1.01. The predicted octanol–water partition coefficient (Wildman–Crippen LogP) is 2.85. The van der Waals surface area contributed by atoms with Crippen LogP contribution in [-0.4, -0.2) is 5.87 Å². The number of benzene rings is 1. The van der Waals surface area contributed by atoms with E-state index in [-0.39, 0.29) is 11.1 Å². The molecule has 0 aliphatic carbocycles. The van der Waals surface area contributed by atoms with Gasteiger partial charge in [0.05, 0.1) is 11.1 Å². The van der Waals surface area contributed by atoms with Crippen LogP contribution >= 0.6 is 0 Å². The molecule has 0 saturated carbocycles. The molecule has 0 atom stereocenters. The molecule has 0 spiro atoms. The van der Waals surface area contributed by atoms with Gasteiger partial charge in [-0.25, -0.2) is 5.87 Å². The molecule has 0 aliphatic rings. The van der Waals surface area contributed by atoms with Gasteiger partial charge in [0, 0.05) is 0 Å². The molecule has 1 aromatic carbocycles. The van der Waals surface area contributed by atoms with Gasteiger partial charge in [-0.1, -0.05) is 12.1 Å². The Balaban J connectivity index is 3.27. The first-order valence-corrected chi connectivity index (χ1v) is 3.84. The van der Waals surface area contributed by atoms with Crippen LogP contribution < -0.4 is 0 Å². The molecule has 5 heteroatoms. The van der Waals surface area contributed by atoms with Gasteiger partial charge in [-0.15, -0.1) is 0 Å². The minimum Gasteiger partial charge on any atom is -0.762 e. The zero-order valence-corrected chi connectivity index (χ0v) is 7.34. The summed E-state index contributed by atoms with van der Waals surface area (Å²) in [6.45, 7) is 0. The van der Waals surface area contributed by atoms with Gasteiger partial charge in [0.15, 0.2) is 0 Å². The molecule has 15 heavy (non-hydrogen) atoms. The van der Waals surface area contributed by atoms with Crippen molar-refractivity contribution in [2.45, 2.75) is 6.18 Å². The first-order chi connectivity index (χ1) is 6.99. The van der Waals surface area contributed by atoms with Crippen LogP contribution in [0.1, 0.15) is 11.1 Å². The Hall–Kier alpha value is -2.05. The summed E-state index contributed by atoms with van der Waals surface area (Å²) in [6.07, 6.45) is -4.47. The lowest BCUT2D eigenvalue weighted by Gasteiger charge is -2.07. The van der Waals surface area contributed by atoms with Gasteiger partial charge in [0.1, 0.15) is 6.07 Å². The average Bonchev–Trinajstić information content (AvgIpc) is 2.19. The SMILES string of the molecule is N#CC(=C=[N-])c1cccc(C(F)(F)F)c1. The molecular formula is C10H4F3N2-. The Morgan fingerprint density at radius 2 is 2.00 bits per heavy atom. The van der Waals surface area contributed by atoms with E-state index < -0.39 is 11.7 Å². The second kappa shape index (κ2) is 3.99. The molecule has 0 saturated heterocycles. The summed E-state index contributed by atoms with van der Waals surface area (Å²) in [7, 11) is 0. The summed E-state index contributed by atoms with van der Waals surface area (Å²) >= 11 is 0. The van der Waals surface area contributed by atoms with Gasteiger partial charge in [-0.05, 0) is 17.7 Å². The van der Waals surface area contributed by atoms with Crippen molar-refractivity contribution < 1.29 is 13.2 Å². The van der Waals surface area contributed by atoms with Crippen molar-refractivity contribution in [2.75, 3.05) is 0 Å². The molecule has 1 rings (SSSR count). The number of allylic oxidation sites excluding steroid dienone is 1. The van der Waals surface area contributed by atoms with E-state index in [1.165, 1.54) is 18.0 Å². The van der Waals surface area contributed by atoms with Gasteiger partial charge < -0.3 is 5.41 Å². The number of nitrogens with zero attached hydrogens (tertiary/aromatic N) is 2. The Morgan fingerprint density at radius 1 is 1.33 bits per heavy atom. The lowest BCUT2D eigenvalue weighted by molar-refractivity contribution is -0.137. The van der Waals surface area contributed by atoms with Crippen LogP contribution in [0.15, 0.2) is 24.3 Å². The van der Waals surface area contributed by atoms with Crippen molar-refractivity contribution in [3.63, 3.8) is 0 Å². The van der Waals surface area contributed by atoms with Crippen molar-refractivity contribution in [1.82, 2.24) is 0 Å². The van der Waals surface area contributed by atoms with E-state index >= 15 is 0 Å². The Bertz CT molecular complexity index is 462. The number of halogens is 3. The van der Waals surface area contributed by atoms with E-state index in [0.29, 0.717) is 0 Å².